The van der Waals surface area contributed by atoms with Crippen LogP contribution < -0.4 is 11.1 Å². The standard InChI is InChI=1S/C9H12N4O2/c1-6(10)8-12-13-9(15-8)11-5-7-3-2-4-14-7/h2-4,6H,5,10H2,1H3,(H,11,13). The first-order valence-corrected chi connectivity index (χ1v) is 4.61. The van der Waals surface area contributed by atoms with Crippen LogP contribution in [-0.4, -0.2) is 10.2 Å². The molecule has 0 fully saturated rings. The molecule has 80 valence electrons. The Morgan fingerprint density at radius 1 is 1.53 bits per heavy atom. The molecule has 2 rings (SSSR count). The number of nitrogens with two attached hydrogens (primary N) is 1. The Balaban J connectivity index is 1.94. The molecule has 1 atom stereocenters. The van der Waals surface area contributed by atoms with Gasteiger partial charge in [0.1, 0.15) is 5.76 Å². The maximum Gasteiger partial charge on any atom is 0.315 e. The molecule has 15 heavy (non-hydrogen) atoms. The second-order valence-corrected chi connectivity index (χ2v) is 3.17. The Labute approximate surface area is 86.5 Å². The summed E-state index contributed by atoms with van der Waals surface area (Å²) in [6, 6.07) is 3.77. The van der Waals surface area contributed by atoms with E-state index in [9.17, 15) is 0 Å². The molecule has 0 aliphatic heterocycles. The molecular weight excluding hydrogens is 196 g/mol. The number of anilines is 1. The summed E-state index contributed by atoms with van der Waals surface area (Å²) in [6.45, 7) is 2.29. The summed E-state index contributed by atoms with van der Waals surface area (Å²) in [5, 5.41) is 10.5. The van der Waals surface area contributed by atoms with E-state index in [1.165, 1.54) is 0 Å². The van der Waals surface area contributed by atoms with Crippen molar-refractivity contribution in [3.63, 3.8) is 0 Å². The topological polar surface area (TPSA) is 90.1 Å². The number of furan rings is 1. The van der Waals surface area contributed by atoms with E-state index in [4.69, 9.17) is 14.6 Å². The number of aromatic nitrogens is 2. The molecule has 0 bridgehead atoms. The van der Waals surface area contributed by atoms with Crippen molar-refractivity contribution in [3.8, 4) is 0 Å². The van der Waals surface area contributed by atoms with E-state index in [-0.39, 0.29) is 6.04 Å². The zero-order valence-corrected chi connectivity index (χ0v) is 8.30. The fourth-order valence-corrected chi connectivity index (χ4v) is 1.07. The van der Waals surface area contributed by atoms with Gasteiger partial charge in [-0.2, -0.15) is 0 Å². The van der Waals surface area contributed by atoms with Crippen molar-refractivity contribution >= 4 is 6.01 Å². The van der Waals surface area contributed by atoms with Gasteiger partial charge in [-0.05, 0) is 19.1 Å². The first-order valence-electron chi connectivity index (χ1n) is 4.61. The van der Waals surface area contributed by atoms with Crippen LogP contribution in [0.2, 0.25) is 0 Å². The second kappa shape index (κ2) is 4.14. The van der Waals surface area contributed by atoms with Gasteiger partial charge >= 0.3 is 6.01 Å². The molecule has 0 aliphatic carbocycles. The van der Waals surface area contributed by atoms with Crippen molar-refractivity contribution in [1.29, 1.82) is 0 Å². The number of nitrogens with one attached hydrogen (secondary N) is 1. The van der Waals surface area contributed by atoms with E-state index in [0.29, 0.717) is 18.5 Å². The fraction of sp³-hybridized carbons (Fsp3) is 0.333. The minimum absolute atomic E-state index is 0.253. The van der Waals surface area contributed by atoms with Crippen molar-refractivity contribution in [2.75, 3.05) is 5.32 Å². The van der Waals surface area contributed by atoms with E-state index in [0.717, 1.165) is 5.76 Å². The first kappa shape index (κ1) is 9.72. The third kappa shape index (κ3) is 2.35. The molecule has 3 N–H and O–H groups in total. The van der Waals surface area contributed by atoms with Crippen LogP contribution in [0.25, 0.3) is 0 Å². The zero-order valence-electron chi connectivity index (χ0n) is 8.30. The first-order chi connectivity index (χ1) is 7.25. The van der Waals surface area contributed by atoms with Crippen molar-refractivity contribution < 1.29 is 8.83 Å². The van der Waals surface area contributed by atoms with Crippen LogP contribution in [-0.2, 0) is 6.54 Å². The van der Waals surface area contributed by atoms with Gasteiger partial charge in [0.05, 0.1) is 18.8 Å². The number of rotatable bonds is 4. The molecule has 0 amide bonds. The lowest BCUT2D eigenvalue weighted by atomic mass is 10.4. The summed E-state index contributed by atoms with van der Waals surface area (Å²) in [6.07, 6.45) is 1.61. The van der Waals surface area contributed by atoms with E-state index in [2.05, 4.69) is 15.5 Å². The van der Waals surface area contributed by atoms with Gasteiger partial charge in [0.2, 0.25) is 5.89 Å². The van der Waals surface area contributed by atoms with Crippen LogP contribution in [0.3, 0.4) is 0 Å². The van der Waals surface area contributed by atoms with E-state index in [1.54, 1.807) is 13.2 Å². The monoisotopic (exact) mass is 208 g/mol. The summed E-state index contributed by atoms with van der Waals surface area (Å²) in [5.41, 5.74) is 5.58. The van der Waals surface area contributed by atoms with E-state index < -0.39 is 0 Å². The fourth-order valence-electron chi connectivity index (χ4n) is 1.07. The zero-order chi connectivity index (χ0) is 10.7. The molecule has 2 aromatic rings. The quantitative estimate of drug-likeness (QED) is 0.786. The molecule has 0 aromatic carbocycles. The SMILES string of the molecule is CC(N)c1nnc(NCc2ccco2)o1. The molecule has 6 heteroatoms. The molecule has 0 saturated carbocycles. The lowest BCUT2D eigenvalue weighted by Gasteiger charge is -1.97. The highest BCUT2D eigenvalue weighted by Crippen LogP contribution is 2.12. The van der Waals surface area contributed by atoms with Crippen LogP contribution in [0.5, 0.6) is 0 Å². The van der Waals surface area contributed by atoms with Gasteiger partial charge in [0.25, 0.3) is 0 Å². The van der Waals surface area contributed by atoms with Gasteiger partial charge in [-0.3, -0.25) is 0 Å². The average molecular weight is 208 g/mol. The van der Waals surface area contributed by atoms with Gasteiger partial charge in [-0.15, -0.1) is 5.10 Å². The summed E-state index contributed by atoms with van der Waals surface area (Å²) in [4.78, 5) is 0. The van der Waals surface area contributed by atoms with Gasteiger partial charge in [0.15, 0.2) is 0 Å². The Morgan fingerprint density at radius 3 is 3.00 bits per heavy atom. The van der Waals surface area contributed by atoms with Crippen LogP contribution in [0.4, 0.5) is 6.01 Å². The maximum atomic E-state index is 5.58. The molecule has 1 unspecified atom stereocenters. The molecule has 6 nitrogen and oxygen atoms in total. The highest BCUT2D eigenvalue weighted by Gasteiger charge is 2.09. The molecule has 2 heterocycles. The third-order valence-electron chi connectivity index (χ3n) is 1.82. The molecule has 0 aliphatic rings. The van der Waals surface area contributed by atoms with Crippen molar-refractivity contribution in [2.24, 2.45) is 5.73 Å². The minimum Gasteiger partial charge on any atom is -0.467 e. The molecular formula is C9H12N4O2. The Kier molecular flexibility index (Phi) is 2.68. The predicted octanol–water partition coefficient (Wildman–Crippen LogP) is 1.29. The molecule has 0 spiro atoms. The summed E-state index contributed by atoms with van der Waals surface area (Å²) >= 11 is 0. The molecule has 0 saturated heterocycles. The second-order valence-electron chi connectivity index (χ2n) is 3.17. The van der Waals surface area contributed by atoms with Gasteiger partial charge in [-0.25, -0.2) is 0 Å². The Morgan fingerprint density at radius 2 is 2.40 bits per heavy atom. The lowest BCUT2D eigenvalue weighted by molar-refractivity contribution is 0.467. The average Bonchev–Trinajstić information content (AvgIpc) is 2.86. The summed E-state index contributed by atoms with van der Waals surface area (Å²) in [7, 11) is 0. The summed E-state index contributed by atoms with van der Waals surface area (Å²) in [5.74, 6) is 1.22. The minimum atomic E-state index is -0.253. The molecule has 2 aromatic heterocycles. The van der Waals surface area contributed by atoms with Gasteiger partial charge < -0.3 is 19.9 Å². The van der Waals surface area contributed by atoms with Crippen molar-refractivity contribution in [1.82, 2.24) is 10.2 Å². The van der Waals surface area contributed by atoms with Crippen LogP contribution >= 0.6 is 0 Å². The Hall–Kier alpha value is -1.82. The van der Waals surface area contributed by atoms with Gasteiger partial charge in [0, 0.05) is 0 Å². The lowest BCUT2D eigenvalue weighted by Crippen LogP contribution is -2.04. The normalized spacial score (nSPS) is 12.7. The van der Waals surface area contributed by atoms with Crippen LogP contribution in [0.15, 0.2) is 27.2 Å². The maximum absolute atomic E-state index is 5.58. The number of hydrogen-bond acceptors (Lipinski definition) is 6. The number of nitrogens with zero attached hydrogens (tertiary/aromatic N) is 2. The third-order valence-corrected chi connectivity index (χ3v) is 1.82. The molecule has 0 radical (unpaired) electrons. The van der Waals surface area contributed by atoms with Crippen LogP contribution in [0.1, 0.15) is 24.6 Å². The largest absolute Gasteiger partial charge is 0.467 e. The van der Waals surface area contributed by atoms with Gasteiger partial charge in [-0.1, -0.05) is 5.10 Å². The highest BCUT2D eigenvalue weighted by molar-refractivity contribution is 5.19. The predicted molar refractivity (Wildman–Crippen MR) is 52.9 cm³/mol. The number of hydrogen-bond donors (Lipinski definition) is 2. The highest BCUT2D eigenvalue weighted by atomic mass is 16.4. The van der Waals surface area contributed by atoms with Crippen LogP contribution in [0, 0.1) is 0 Å². The van der Waals surface area contributed by atoms with E-state index in [1.807, 2.05) is 12.1 Å². The van der Waals surface area contributed by atoms with Crippen molar-refractivity contribution in [3.05, 3.63) is 30.0 Å². The Bertz CT molecular complexity index is 407. The van der Waals surface area contributed by atoms with E-state index >= 15 is 0 Å². The smallest absolute Gasteiger partial charge is 0.315 e. The van der Waals surface area contributed by atoms with Crippen molar-refractivity contribution in [2.45, 2.75) is 19.5 Å². The summed E-state index contributed by atoms with van der Waals surface area (Å²) < 4.78 is 10.4.